The molecule has 140 valence electrons. The molecule has 1 N–H and O–H groups in total. The lowest BCUT2D eigenvalue weighted by molar-refractivity contribution is -0.0303. The second-order valence-corrected chi connectivity index (χ2v) is 7.06. The van der Waals surface area contributed by atoms with Crippen molar-refractivity contribution < 1.29 is 9.53 Å². The Morgan fingerprint density at radius 2 is 2.04 bits per heavy atom. The highest BCUT2D eigenvalue weighted by atomic mass is 16.5. The molecule has 0 bridgehead atoms. The Bertz CT molecular complexity index is 1010. The van der Waals surface area contributed by atoms with Gasteiger partial charge in [0.2, 0.25) is 5.95 Å². The minimum Gasteiger partial charge on any atom is -0.362 e. The highest BCUT2D eigenvalue weighted by Crippen LogP contribution is 2.42. The van der Waals surface area contributed by atoms with E-state index in [9.17, 15) is 4.79 Å². The molecule has 0 radical (unpaired) electrons. The number of fused-ring (bicyclic) bond motifs is 2. The van der Waals surface area contributed by atoms with Crippen LogP contribution in [0, 0.1) is 0 Å². The van der Waals surface area contributed by atoms with Gasteiger partial charge in [-0.05, 0) is 24.3 Å². The van der Waals surface area contributed by atoms with Gasteiger partial charge in [-0.3, -0.25) is 9.78 Å². The number of para-hydroxylation sites is 1. The second kappa shape index (κ2) is 6.69. The van der Waals surface area contributed by atoms with E-state index >= 15 is 0 Å². The Morgan fingerprint density at radius 1 is 1.14 bits per heavy atom. The molecule has 2 aliphatic heterocycles. The zero-order valence-electron chi connectivity index (χ0n) is 15.2. The fourth-order valence-corrected chi connectivity index (χ4v) is 3.84. The largest absolute Gasteiger partial charge is 0.362 e. The molecule has 2 aromatic heterocycles. The van der Waals surface area contributed by atoms with Gasteiger partial charge >= 0.3 is 0 Å². The topological polar surface area (TPSA) is 80.2 Å². The molecule has 1 saturated heterocycles. The number of likely N-dealkylation sites (tertiary alicyclic amines) is 1. The molecule has 5 rings (SSSR count). The summed E-state index contributed by atoms with van der Waals surface area (Å²) in [5.41, 5.74) is 2.81. The summed E-state index contributed by atoms with van der Waals surface area (Å²) < 4.78 is 6.15. The summed E-state index contributed by atoms with van der Waals surface area (Å²) in [6.07, 6.45) is 5.79. The highest BCUT2D eigenvalue weighted by Gasteiger charge is 2.48. The Morgan fingerprint density at radius 3 is 2.86 bits per heavy atom. The first kappa shape index (κ1) is 16.8. The molecule has 0 unspecified atom stereocenters. The summed E-state index contributed by atoms with van der Waals surface area (Å²) >= 11 is 0. The molecule has 4 heterocycles. The highest BCUT2D eigenvalue weighted by molar-refractivity contribution is 5.94. The van der Waals surface area contributed by atoms with Crippen LogP contribution in [0.3, 0.4) is 0 Å². The maximum Gasteiger partial charge on any atom is 0.255 e. The summed E-state index contributed by atoms with van der Waals surface area (Å²) in [6, 6.07) is 13.4. The van der Waals surface area contributed by atoms with E-state index in [1.165, 1.54) is 0 Å². The maximum atomic E-state index is 12.8. The smallest absolute Gasteiger partial charge is 0.255 e. The van der Waals surface area contributed by atoms with Crippen LogP contribution in [0.25, 0.3) is 0 Å². The van der Waals surface area contributed by atoms with Crippen LogP contribution in [0.1, 0.15) is 28.0 Å². The van der Waals surface area contributed by atoms with Crippen LogP contribution in [-0.4, -0.2) is 38.8 Å². The number of anilines is 2. The number of pyridine rings is 1. The molecule has 1 amide bonds. The minimum atomic E-state index is -0.566. The van der Waals surface area contributed by atoms with Crippen molar-refractivity contribution in [2.75, 3.05) is 18.4 Å². The van der Waals surface area contributed by atoms with Crippen LogP contribution < -0.4 is 5.32 Å². The van der Waals surface area contributed by atoms with Gasteiger partial charge in [0.05, 0.1) is 24.4 Å². The molecule has 1 aromatic carbocycles. The normalized spacial score (nSPS) is 20.4. The number of benzene rings is 1. The van der Waals surface area contributed by atoms with Gasteiger partial charge in [0, 0.05) is 42.8 Å². The second-order valence-electron chi connectivity index (χ2n) is 7.06. The first-order chi connectivity index (χ1) is 13.7. The van der Waals surface area contributed by atoms with Gasteiger partial charge in [0.25, 0.3) is 5.91 Å². The van der Waals surface area contributed by atoms with Crippen LogP contribution >= 0.6 is 0 Å². The lowest BCUT2D eigenvalue weighted by Crippen LogP contribution is -2.35. The predicted molar refractivity (Wildman–Crippen MR) is 103 cm³/mol. The van der Waals surface area contributed by atoms with E-state index in [0.29, 0.717) is 37.6 Å². The van der Waals surface area contributed by atoms with Gasteiger partial charge in [0.15, 0.2) is 0 Å². The summed E-state index contributed by atoms with van der Waals surface area (Å²) in [4.78, 5) is 27.8. The third kappa shape index (κ3) is 2.90. The summed E-state index contributed by atoms with van der Waals surface area (Å²) in [5.74, 6) is 0.505. The van der Waals surface area contributed by atoms with Crippen LogP contribution in [0.4, 0.5) is 11.6 Å². The molecule has 1 spiro atoms. The van der Waals surface area contributed by atoms with Gasteiger partial charge in [0.1, 0.15) is 5.60 Å². The third-order valence-electron chi connectivity index (χ3n) is 5.26. The minimum absolute atomic E-state index is 0.0290. The van der Waals surface area contributed by atoms with E-state index in [1.807, 2.05) is 41.4 Å². The van der Waals surface area contributed by atoms with Gasteiger partial charge in [-0.25, -0.2) is 9.97 Å². The SMILES string of the molecule is O=C(c1cccnc1)N1CC[C@@]2(C1)OCc1cnc(Nc3ccccc3)nc12. The Labute approximate surface area is 162 Å². The van der Waals surface area contributed by atoms with Crippen molar-refractivity contribution in [3.8, 4) is 0 Å². The van der Waals surface area contributed by atoms with Crippen LogP contribution in [-0.2, 0) is 16.9 Å². The molecule has 7 heteroatoms. The van der Waals surface area contributed by atoms with Crippen LogP contribution in [0.2, 0.25) is 0 Å². The molecule has 3 aromatic rings. The van der Waals surface area contributed by atoms with Gasteiger partial charge in [-0.15, -0.1) is 0 Å². The third-order valence-corrected chi connectivity index (χ3v) is 5.26. The lowest BCUT2D eigenvalue weighted by atomic mass is 9.98. The Balaban J connectivity index is 1.40. The Hall–Kier alpha value is -3.32. The number of hydrogen-bond donors (Lipinski definition) is 1. The molecule has 1 atom stereocenters. The number of carbonyl (C=O) groups is 1. The zero-order chi connectivity index (χ0) is 19.0. The van der Waals surface area contributed by atoms with Crippen molar-refractivity contribution in [1.29, 1.82) is 0 Å². The summed E-state index contributed by atoms with van der Waals surface area (Å²) in [6.45, 7) is 1.57. The van der Waals surface area contributed by atoms with Gasteiger partial charge in [-0.1, -0.05) is 18.2 Å². The van der Waals surface area contributed by atoms with Crippen molar-refractivity contribution in [1.82, 2.24) is 19.9 Å². The molecular formula is C21H19N5O2. The number of rotatable bonds is 3. The Kier molecular flexibility index (Phi) is 4.02. The predicted octanol–water partition coefficient (Wildman–Crippen LogP) is 2.89. The number of hydrogen-bond acceptors (Lipinski definition) is 6. The maximum absolute atomic E-state index is 12.8. The number of nitrogens with zero attached hydrogens (tertiary/aromatic N) is 4. The average molecular weight is 373 g/mol. The monoisotopic (exact) mass is 373 g/mol. The summed E-state index contributed by atoms with van der Waals surface area (Å²) in [5, 5.41) is 3.23. The van der Waals surface area contributed by atoms with Crippen molar-refractivity contribution >= 4 is 17.5 Å². The summed E-state index contributed by atoms with van der Waals surface area (Å²) in [7, 11) is 0. The first-order valence-corrected chi connectivity index (χ1v) is 9.25. The zero-order valence-corrected chi connectivity index (χ0v) is 15.2. The van der Waals surface area contributed by atoms with E-state index < -0.39 is 5.60 Å². The molecule has 0 saturated carbocycles. The number of ether oxygens (including phenoxy) is 1. The van der Waals surface area contributed by atoms with Gasteiger partial charge in [-0.2, -0.15) is 0 Å². The van der Waals surface area contributed by atoms with E-state index in [2.05, 4.69) is 15.3 Å². The lowest BCUT2D eigenvalue weighted by Gasteiger charge is -2.24. The van der Waals surface area contributed by atoms with E-state index in [1.54, 1.807) is 24.5 Å². The molecular weight excluding hydrogens is 354 g/mol. The van der Waals surface area contributed by atoms with Crippen molar-refractivity contribution in [3.05, 3.63) is 77.9 Å². The molecule has 1 fully saturated rings. The first-order valence-electron chi connectivity index (χ1n) is 9.25. The van der Waals surface area contributed by atoms with Crippen molar-refractivity contribution in [2.24, 2.45) is 0 Å². The van der Waals surface area contributed by atoms with Crippen molar-refractivity contribution in [3.63, 3.8) is 0 Å². The fourth-order valence-electron chi connectivity index (χ4n) is 3.84. The number of aromatic nitrogens is 3. The van der Waals surface area contributed by atoms with Crippen LogP contribution in [0.15, 0.2) is 61.1 Å². The average Bonchev–Trinajstić information content (AvgIpc) is 3.34. The van der Waals surface area contributed by atoms with Crippen LogP contribution in [0.5, 0.6) is 0 Å². The number of nitrogens with one attached hydrogen (secondary N) is 1. The van der Waals surface area contributed by atoms with Gasteiger partial charge < -0.3 is 15.0 Å². The fraction of sp³-hybridized carbons (Fsp3) is 0.238. The van der Waals surface area contributed by atoms with E-state index in [4.69, 9.17) is 9.72 Å². The molecule has 0 aliphatic carbocycles. The number of amides is 1. The molecule has 28 heavy (non-hydrogen) atoms. The number of carbonyl (C=O) groups excluding carboxylic acids is 1. The quantitative estimate of drug-likeness (QED) is 0.760. The standard InChI is InChI=1S/C21H19N5O2/c27-19(15-5-4-9-22-11-15)26-10-8-21(14-26)18-16(13-28-21)12-23-20(25-18)24-17-6-2-1-3-7-17/h1-7,9,11-12H,8,10,13-14H2,(H,23,24,25)/t21-/m0/s1. The van der Waals surface area contributed by atoms with E-state index in [0.717, 1.165) is 16.9 Å². The molecule has 7 nitrogen and oxygen atoms in total. The van der Waals surface area contributed by atoms with E-state index in [-0.39, 0.29) is 5.91 Å². The van der Waals surface area contributed by atoms with Crippen molar-refractivity contribution in [2.45, 2.75) is 18.6 Å². The molecule has 2 aliphatic rings.